The number of hydrogen-bond acceptors (Lipinski definition) is 3. The standard InChI is InChI=1S/C10H9NO2/c1-7-10(12)13-9(11-7)8-5-3-2-4-6-8/h2-6,12H,1H3/p-1. The summed E-state index contributed by atoms with van der Waals surface area (Å²) in [5, 5.41) is 11.0. The molecule has 0 aliphatic heterocycles. The van der Waals surface area contributed by atoms with Crippen LogP contribution in [-0.4, -0.2) is 4.98 Å². The van der Waals surface area contributed by atoms with Crippen LogP contribution in [0.5, 0.6) is 5.95 Å². The summed E-state index contributed by atoms with van der Waals surface area (Å²) in [6, 6.07) is 9.35. The SMILES string of the molecule is Cc1nc(-c2ccccc2)oc1[O-]. The molecule has 0 atom stereocenters. The van der Waals surface area contributed by atoms with Gasteiger partial charge in [0, 0.05) is 5.56 Å². The molecule has 0 fully saturated rings. The summed E-state index contributed by atoms with van der Waals surface area (Å²) in [6.45, 7) is 1.64. The molecular formula is C10H8NO2-. The molecule has 1 heterocycles. The Morgan fingerprint density at radius 3 is 2.46 bits per heavy atom. The Kier molecular flexibility index (Phi) is 1.77. The summed E-state index contributed by atoms with van der Waals surface area (Å²) in [6.07, 6.45) is 0. The van der Waals surface area contributed by atoms with E-state index in [-0.39, 0.29) is 5.95 Å². The predicted octanol–water partition coefficient (Wildman–Crippen LogP) is 1.72. The van der Waals surface area contributed by atoms with Gasteiger partial charge in [0.2, 0.25) is 0 Å². The van der Waals surface area contributed by atoms with Crippen molar-refractivity contribution in [3.8, 4) is 17.4 Å². The molecule has 1 aromatic heterocycles. The van der Waals surface area contributed by atoms with Crippen LogP contribution >= 0.6 is 0 Å². The van der Waals surface area contributed by atoms with Gasteiger partial charge in [-0.05, 0) is 6.92 Å². The lowest BCUT2D eigenvalue weighted by atomic mass is 10.2. The maximum Gasteiger partial charge on any atom is 0.111 e. The predicted molar refractivity (Wildman–Crippen MR) is 46.1 cm³/mol. The average Bonchev–Trinajstić information content (AvgIpc) is 2.49. The van der Waals surface area contributed by atoms with E-state index in [1.807, 2.05) is 30.3 Å². The second-order valence-electron chi connectivity index (χ2n) is 2.76. The Morgan fingerprint density at radius 1 is 1.23 bits per heavy atom. The molecule has 0 saturated carbocycles. The fourth-order valence-corrected chi connectivity index (χ4v) is 1.09. The lowest BCUT2D eigenvalue weighted by molar-refractivity contribution is -0.294. The summed E-state index contributed by atoms with van der Waals surface area (Å²) < 4.78 is 4.93. The van der Waals surface area contributed by atoms with Gasteiger partial charge in [-0.25, -0.2) is 4.98 Å². The zero-order valence-electron chi connectivity index (χ0n) is 7.15. The molecule has 0 aliphatic rings. The molecule has 0 saturated heterocycles. The van der Waals surface area contributed by atoms with E-state index in [0.29, 0.717) is 11.6 Å². The van der Waals surface area contributed by atoms with E-state index in [1.165, 1.54) is 0 Å². The third kappa shape index (κ3) is 1.40. The number of nitrogens with zero attached hydrogens (tertiary/aromatic N) is 1. The van der Waals surface area contributed by atoms with Crippen LogP contribution in [0.4, 0.5) is 0 Å². The number of hydrogen-bond donors (Lipinski definition) is 0. The topological polar surface area (TPSA) is 49.1 Å². The van der Waals surface area contributed by atoms with Gasteiger partial charge in [-0.1, -0.05) is 30.3 Å². The number of rotatable bonds is 1. The largest absolute Gasteiger partial charge is 0.563 e. The zero-order chi connectivity index (χ0) is 9.26. The van der Waals surface area contributed by atoms with Crippen LogP contribution in [-0.2, 0) is 0 Å². The molecule has 1 aromatic carbocycles. The molecule has 0 radical (unpaired) electrons. The minimum absolute atomic E-state index is 0.362. The van der Waals surface area contributed by atoms with Gasteiger partial charge in [0.25, 0.3) is 0 Å². The summed E-state index contributed by atoms with van der Waals surface area (Å²) in [4.78, 5) is 4.00. The smallest absolute Gasteiger partial charge is 0.111 e. The number of aromatic nitrogens is 1. The summed E-state index contributed by atoms with van der Waals surface area (Å²) in [5.41, 5.74) is 1.23. The van der Waals surface area contributed by atoms with Gasteiger partial charge in [0.15, 0.2) is 0 Å². The second-order valence-corrected chi connectivity index (χ2v) is 2.76. The van der Waals surface area contributed by atoms with Gasteiger partial charge in [0.05, 0.1) is 11.6 Å². The Hall–Kier alpha value is -1.77. The third-order valence-corrected chi connectivity index (χ3v) is 1.77. The van der Waals surface area contributed by atoms with Crippen molar-refractivity contribution >= 4 is 0 Å². The average molecular weight is 174 g/mol. The van der Waals surface area contributed by atoms with Crippen molar-refractivity contribution in [1.29, 1.82) is 0 Å². The molecule has 66 valence electrons. The van der Waals surface area contributed by atoms with Gasteiger partial charge in [-0.15, -0.1) is 0 Å². The maximum atomic E-state index is 11.0. The van der Waals surface area contributed by atoms with Crippen LogP contribution in [0.2, 0.25) is 0 Å². The number of aryl methyl sites for hydroxylation is 1. The van der Waals surface area contributed by atoms with Crippen molar-refractivity contribution in [2.75, 3.05) is 0 Å². The van der Waals surface area contributed by atoms with Gasteiger partial charge in [-0.2, -0.15) is 0 Å². The van der Waals surface area contributed by atoms with E-state index in [2.05, 4.69) is 4.98 Å². The van der Waals surface area contributed by atoms with Crippen molar-refractivity contribution in [2.45, 2.75) is 6.92 Å². The molecular weight excluding hydrogens is 166 g/mol. The van der Waals surface area contributed by atoms with Crippen molar-refractivity contribution in [2.24, 2.45) is 0 Å². The lowest BCUT2D eigenvalue weighted by Crippen LogP contribution is -1.87. The maximum absolute atomic E-state index is 11.0. The quantitative estimate of drug-likeness (QED) is 0.661. The Balaban J connectivity index is 2.48. The molecule has 0 bridgehead atoms. The van der Waals surface area contributed by atoms with Crippen molar-refractivity contribution < 1.29 is 9.52 Å². The number of oxazole rings is 1. The van der Waals surface area contributed by atoms with Crippen LogP contribution in [0, 0.1) is 6.92 Å². The first-order valence-electron chi connectivity index (χ1n) is 3.97. The van der Waals surface area contributed by atoms with E-state index < -0.39 is 0 Å². The highest BCUT2D eigenvalue weighted by atomic mass is 16.5. The molecule has 0 unspecified atom stereocenters. The Bertz CT molecular complexity index is 387. The van der Waals surface area contributed by atoms with Gasteiger partial charge < -0.3 is 9.52 Å². The summed E-state index contributed by atoms with van der Waals surface area (Å²) in [5.74, 6) is 0.0296. The van der Waals surface area contributed by atoms with Gasteiger partial charge >= 0.3 is 0 Å². The van der Waals surface area contributed by atoms with E-state index in [4.69, 9.17) is 4.42 Å². The van der Waals surface area contributed by atoms with Crippen molar-refractivity contribution in [3.05, 3.63) is 36.0 Å². The Labute approximate surface area is 75.7 Å². The normalized spacial score (nSPS) is 10.2. The molecule has 2 aromatic rings. The van der Waals surface area contributed by atoms with Crippen LogP contribution in [0.15, 0.2) is 34.7 Å². The van der Waals surface area contributed by atoms with Crippen LogP contribution in [0.3, 0.4) is 0 Å². The van der Waals surface area contributed by atoms with Crippen molar-refractivity contribution in [3.63, 3.8) is 0 Å². The minimum Gasteiger partial charge on any atom is -0.563 e. The Morgan fingerprint density at radius 2 is 1.92 bits per heavy atom. The summed E-state index contributed by atoms with van der Waals surface area (Å²) >= 11 is 0. The first-order chi connectivity index (χ1) is 6.27. The molecule has 0 amide bonds. The number of benzene rings is 1. The lowest BCUT2D eigenvalue weighted by Gasteiger charge is -1.98. The van der Waals surface area contributed by atoms with Crippen LogP contribution < -0.4 is 5.11 Å². The van der Waals surface area contributed by atoms with Gasteiger partial charge in [-0.3, -0.25) is 0 Å². The molecule has 2 rings (SSSR count). The highest BCUT2D eigenvalue weighted by Crippen LogP contribution is 2.23. The van der Waals surface area contributed by atoms with E-state index in [9.17, 15) is 5.11 Å². The zero-order valence-corrected chi connectivity index (χ0v) is 7.15. The monoisotopic (exact) mass is 174 g/mol. The van der Waals surface area contributed by atoms with E-state index >= 15 is 0 Å². The van der Waals surface area contributed by atoms with Crippen molar-refractivity contribution in [1.82, 2.24) is 4.98 Å². The van der Waals surface area contributed by atoms with E-state index in [0.717, 1.165) is 5.56 Å². The molecule has 13 heavy (non-hydrogen) atoms. The van der Waals surface area contributed by atoms with E-state index in [1.54, 1.807) is 6.92 Å². The molecule has 0 aliphatic carbocycles. The minimum atomic E-state index is -0.362. The highest BCUT2D eigenvalue weighted by molar-refractivity contribution is 5.53. The highest BCUT2D eigenvalue weighted by Gasteiger charge is 1.99. The molecule has 3 heteroatoms. The first kappa shape index (κ1) is 7.86. The molecule has 0 N–H and O–H groups in total. The fourth-order valence-electron chi connectivity index (χ4n) is 1.09. The molecule has 0 spiro atoms. The fraction of sp³-hybridized carbons (Fsp3) is 0.100. The summed E-state index contributed by atoms with van der Waals surface area (Å²) in [7, 11) is 0. The second kappa shape index (κ2) is 2.94. The molecule has 3 nitrogen and oxygen atoms in total. The third-order valence-electron chi connectivity index (χ3n) is 1.77. The first-order valence-corrected chi connectivity index (χ1v) is 3.97. The van der Waals surface area contributed by atoms with Gasteiger partial charge in [0.1, 0.15) is 5.89 Å². The van der Waals surface area contributed by atoms with Crippen LogP contribution in [0.25, 0.3) is 11.5 Å². The van der Waals surface area contributed by atoms with Crippen LogP contribution in [0.1, 0.15) is 5.69 Å².